The van der Waals surface area contributed by atoms with Crippen LogP contribution in [0.15, 0.2) is 59.7 Å². The topological polar surface area (TPSA) is 78.2 Å². The van der Waals surface area contributed by atoms with Crippen molar-refractivity contribution in [1.82, 2.24) is 19.7 Å². The number of aromatic nitrogens is 3. The van der Waals surface area contributed by atoms with Crippen LogP contribution in [0.4, 0.5) is 8.78 Å². The molecule has 2 aromatic heterocycles. The number of pyridine rings is 1. The fourth-order valence-electron chi connectivity index (χ4n) is 4.07. The number of aryl methyl sites for hydroxylation is 1. The van der Waals surface area contributed by atoms with Gasteiger partial charge >= 0.3 is 5.92 Å². The van der Waals surface area contributed by atoms with Crippen LogP contribution in [0.2, 0.25) is 0 Å². The summed E-state index contributed by atoms with van der Waals surface area (Å²) in [7, 11) is 1.66. The molecule has 0 saturated heterocycles. The zero-order valence-electron chi connectivity index (χ0n) is 21.0. The van der Waals surface area contributed by atoms with Crippen molar-refractivity contribution in [3.8, 4) is 17.5 Å². The minimum Gasteiger partial charge on any atom is -0.351 e. The van der Waals surface area contributed by atoms with Gasteiger partial charge in [0.05, 0.1) is 23.3 Å². The van der Waals surface area contributed by atoms with E-state index in [0.717, 1.165) is 10.8 Å². The fourth-order valence-corrected chi connectivity index (χ4v) is 4.07. The molecular formula is C28H28F2N4O3. The fraction of sp³-hybridized carbons (Fsp3) is 0.321. The number of carbonyl (C=O) groups excluding carboxylic acids is 1. The smallest absolute Gasteiger partial charge is 0.321 e. The highest BCUT2D eigenvalue weighted by atomic mass is 19.3. The van der Waals surface area contributed by atoms with Crippen LogP contribution in [0.1, 0.15) is 32.4 Å². The van der Waals surface area contributed by atoms with Crippen LogP contribution in [-0.4, -0.2) is 38.3 Å². The van der Waals surface area contributed by atoms with Crippen molar-refractivity contribution in [2.24, 2.45) is 13.0 Å². The van der Waals surface area contributed by atoms with Crippen LogP contribution in [0.5, 0.6) is 0 Å². The molecule has 37 heavy (non-hydrogen) atoms. The van der Waals surface area contributed by atoms with E-state index in [9.17, 15) is 18.4 Å². The van der Waals surface area contributed by atoms with E-state index in [-0.39, 0.29) is 11.5 Å². The standard InChI is InChI=1S/C28H28F2N4O3/c1-18(2)25(32-27(36)28(3,29)30)26(19-9-6-5-7-10-19)37-22-11-8-12-23-20(15-22)16-31-34(23)21-13-14-24(35)33(4)17-21/h5-7,9-10,12-18,22,25-26H,1-4H3,(H,32,36)/t22?,25?,26-/m1/s1. The quantitative estimate of drug-likeness (QED) is 0.475. The van der Waals surface area contributed by atoms with E-state index in [4.69, 9.17) is 4.74 Å². The van der Waals surface area contributed by atoms with E-state index in [1.165, 1.54) is 10.6 Å². The molecular weight excluding hydrogens is 478 g/mol. The molecule has 2 unspecified atom stereocenters. The lowest BCUT2D eigenvalue weighted by Gasteiger charge is -2.33. The second kappa shape index (κ2) is 10.5. The van der Waals surface area contributed by atoms with E-state index in [1.807, 2.05) is 44.2 Å². The van der Waals surface area contributed by atoms with Gasteiger partial charge in [-0.25, -0.2) is 4.68 Å². The molecule has 1 amide bonds. The summed E-state index contributed by atoms with van der Waals surface area (Å²) in [4.78, 5) is 24.0. The Bertz CT molecular complexity index is 1530. The average molecular weight is 507 g/mol. The lowest BCUT2D eigenvalue weighted by atomic mass is 9.92. The molecule has 0 spiro atoms. The number of amides is 1. The van der Waals surface area contributed by atoms with Gasteiger partial charge < -0.3 is 14.6 Å². The second-order valence-corrected chi connectivity index (χ2v) is 9.35. The normalized spacial score (nSPS) is 16.4. The highest BCUT2D eigenvalue weighted by molar-refractivity contribution is 5.83. The highest BCUT2D eigenvalue weighted by Gasteiger charge is 2.38. The molecule has 2 heterocycles. The third-order valence-electron chi connectivity index (χ3n) is 6.08. The predicted octanol–water partition coefficient (Wildman–Crippen LogP) is 2.07. The summed E-state index contributed by atoms with van der Waals surface area (Å²) in [6.45, 7) is 4.25. The van der Waals surface area contributed by atoms with Crippen LogP contribution in [-0.2, 0) is 16.6 Å². The van der Waals surface area contributed by atoms with Crippen LogP contribution in [0.3, 0.4) is 0 Å². The summed E-state index contributed by atoms with van der Waals surface area (Å²) in [5, 5.41) is 8.40. The zero-order valence-corrected chi connectivity index (χ0v) is 21.0. The Morgan fingerprint density at radius 3 is 2.57 bits per heavy atom. The van der Waals surface area contributed by atoms with Gasteiger partial charge in [-0.15, -0.1) is 0 Å². The first-order valence-electron chi connectivity index (χ1n) is 11.9. The summed E-state index contributed by atoms with van der Waals surface area (Å²) in [5.74, 6) is 0.945. The maximum atomic E-state index is 13.8. The van der Waals surface area contributed by atoms with Gasteiger partial charge in [-0.3, -0.25) is 9.59 Å². The number of ether oxygens (including phenoxy) is 1. The van der Waals surface area contributed by atoms with E-state index in [1.54, 1.807) is 42.3 Å². The van der Waals surface area contributed by atoms with Crippen molar-refractivity contribution in [2.45, 2.75) is 44.9 Å². The van der Waals surface area contributed by atoms with Gasteiger partial charge in [0.2, 0.25) is 5.56 Å². The SMILES string of the molecule is CC(C)C(NC(=O)C(C)(F)F)[C@H](OC1C#CC=c2c(cnn2-c2ccc(=O)n(C)c2)=C1)c1ccccc1. The Kier molecular flexibility index (Phi) is 7.41. The maximum Gasteiger partial charge on any atom is 0.321 e. The summed E-state index contributed by atoms with van der Waals surface area (Å²) >= 11 is 0. The Labute approximate surface area is 213 Å². The van der Waals surface area contributed by atoms with Crippen LogP contribution in [0.25, 0.3) is 17.8 Å². The van der Waals surface area contributed by atoms with Crippen LogP contribution < -0.4 is 21.4 Å². The minimum atomic E-state index is -3.53. The second-order valence-electron chi connectivity index (χ2n) is 9.35. The molecule has 9 heteroatoms. The molecule has 0 bridgehead atoms. The summed E-state index contributed by atoms with van der Waals surface area (Å²) < 4.78 is 37.1. The molecule has 0 fully saturated rings. The van der Waals surface area contributed by atoms with Gasteiger partial charge in [-0.2, -0.15) is 13.9 Å². The number of nitrogens with zero attached hydrogens (tertiary/aromatic N) is 3. The maximum absolute atomic E-state index is 13.8. The average Bonchev–Trinajstić information content (AvgIpc) is 3.13. The number of halogens is 2. The van der Waals surface area contributed by atoms with Crippen molar-refractivity contribution in [2.75, 3.05) is 0 Å². The van der Waals surface area contributed by atoms with Crippen molar-refractivity contribution in [3.05, 3.63) is 81.3 Å². The van der Waals surface area contributed by atoms with Crippen molar-refractivity contribution < 1.29 is 18.3 Å². The van der Waals surface area contributed by atoms with E-state index < -0.39 is 30.1 Å². The number of benzene rings is 1. The van der Waals surface area contributed by atoms with Crippen LogP contribution in [0, 0.1) is 17.8 Å². The number of hydrogen-bond acceptors (Lipinski definition) is 4. The monoisotopic (exact) mass is 506 g/mol. The zero-order chi connectivity index (χ0) is 26.7. The molecule has 4 rings (SSSR count). The molecule has 1 aliphatic rings. The molecule has 7 nitrogen and oxygen atoms in total. The van der Waals surface area contributed by atoms with Crippen molar-refractivity contribution in [3.63, 3.8) is 0 Å². The minimum absolute atomic E-state index is 0.134. The van der Waals surface area contributed by atoms with E-state index >= 15 is 0 Å². The third kappa shape index (κ3) is 5.87. The number of fused-ring (bicyclic) bond motifs is 1. The predicted molar refractivity (Wildman–Crippen MR) is 136 cm³/mol. The van der Waals surface area contributed by atoms with Crippen molar-refractivity contribution in [1.29, 1.82) is 0 Å². The Morgan fingerprint density at radius 2 is 1.92 bits per heavy atom. The molecule has 0 aliphatic heterocycles. The molecule has 0 radical (unpaired) electrons. The summed E-state index contributed by atoms with van der Waals surface area (Å²) in [6.07, 6.45) is 5.41. The van der Waals surface area contributed by atoms with E-state index in [0.29, 0.717) is 18.0 Å². The molecule has 3 atom stereocenters. The van der Waals surface area contributed by atoms with Crippen LogP contribution >= 0.6 is 0 Å². The van der Waals surface area contributed by atoms with Gasteiger partial charge in [-0.05, 0) is 23.6 Å². The first-order valence-corrected chi connectivity index (χ1v) is 11.9. The number of alkyl halides is 2. The highest BCUT2D eigenvalue weighted by Crippen LogP contribution is 2.28. The van der Waals surface area contributed by atoms with E-state index in [2.05, 4.69) is 22.3 Å². The van der Waals surface area contributed by atoms with Gasteiger partial charge in [0.15, 0.2) is 0 Å². The number of rotatable bonds is 8. The van der Waals surface area contributed by atoms with Crippen molar-refractivity contribution >= 4 is 18.1 Å². The first kappa shape index (κ1) is 26.0. The summed E-state index contributed by atoms with van der Waals surface area (Å²) in [5.41, 5.74) is 1.29. The Morgan fingerprint density at radius 1 is 1.19 bits per heavy atom. The van der Waals surface area contributed by atoms with Gasteiger partial charge in [-0.1, -0.05) is 56.0 Å². The lowest BCUT2D eigenvalue weighted by Crippen LogP contribution is -2.49. The van der Waals surface area contributed by atoms with Gasteiger partial charge in [0, 0.05) is 37.5 Å². The molecule has 3 aromatic rings. The third-order valence-corrected chi connectivity index (χ3v) is 6.08. The number of nitrogens with one attached hydrogen (secondary N) is 1. The largest absolute Gasteiger partial charge is 0.351 e. The lowest BCUT2D eigenvalue weighted by molar-refractivity contribution is -0.145. The molecule has 1 aromatic carbocycles. The number of hydrogen-bond donors (Lipinski definition) is 1. The number of carbonyl (C=O) groups is 1. The summed E-state index contributed by atoms with van der Waals surface area (Å²) in [6, 6.07) is 11.6. The molecule has 1 aliphatic carbocycles. The molecule has 0 saturated carbocycles. The molecule has 192 valence electrons. The van der Waals surface area contributed by atoms with Gasteiger partial charge in [0.25, 0.3) is 5.91 Å². The molecule has 1 N–H and O–H groups in total. The van der Waals surface area contributed by atoms with Gasteiger partial charge in [0.1, 0.15) is 12.2 Å². The first-order chi connectivity index (χ1) is 17.5. The Balaban J connectivity index is 1.70. The Hall–Kier alpha value is -4.03.